The number of nitrogens with zero attached hydrogens (tertiary/aromatic N) is 1. The van der Waals surface area contributed by atoms with Crippen LogP contribution in [0, 0.1) is 11.3 Å². The van der Waals surface area contributed by atoms with Crippen LogP contribution in [-0.4, -0.2) is 16.0 Å². The van der Waals surface area contributed by atoms with Gasteiger partial charge < -0.3 is 4.74 Å². The number of carbonyl (C=O) groups excluding carboxylic acids is 1. The number of hydrogen-bond acceptors (Lipinski definition) is 3. The summed E-state index contributed by atoms with van der Waals surface area (Å²) in [4.78, 5) is 15.1. The monoisotopic (exact) mass is 423 g/mol. The first-order valence-corrected chi connectivity index (χ1v) is 12.0. The van der Waals surface area contributed by atoms with Gasteiger partial charge in [-0.15, -0.1) is 11.8 Å². The van der Waals surface area contributed by atoms with Crippen LogP contribution in [0.15, 0.2) is 54.6 Å². The summed E-state index contributed by atoms with van der Waals surface area (Å²) in [5.41, 5.74) is 2.48. The summed E-state index contributed by atoms with van der Waals surface area (Å²) in [6, 6.07) is 18.3. The Hall–Kier alpha value is -1.94. The van der Waals surface area contributed by atoms with Gasteiger partial charge in [0, 0.05) is 5.69 Å². The number of anilines is 1. The van der Waals surface area contributed by atoms with Crippen molar-refractivity contribution < 1.29 is 9.53 Å². The summed E-state index contributed by atoms with van der Waals surface area (Å²) in [5.74, 6) is 1.80. The van der Waals surface area contributed by atoms with Crippen LogP contribution in [-0.2, 0) is 11.4 Å². The van der Waals surface area contributed by atoms with Gasteiger partial charge in [0.2, 0.25) is 5.91 Å². The quantitative estimate of drug-likeness (QED) is 0.550. The molecule has 3 nitrogen and oxygen atoms in total. The van der Waals surface area contributed by atoms with Gasteiger partial charge in [-0.1, -0.05) is 51.1 Å². The SMILES string of the molecule is CC1SC2(CCC(C(C)(C)C)CC2)N(c2ccc(OCc3ccccc3)cc2)C1=O. The van der Waals surface area contributed by atoms with E-state index >= 15 is 0 Å². The van der Waals surface area contributed by atoms with Crippen LogP contribution in [0.2, 0.25) is 0 Å². The fraction of sp³-hybridized carbons (Fsp3) is 0.500. The Morgan fingerprint density at radius 2 is 1.67 bits per heavy atom. The van der Waals surface area contributed by atoms with E-state index in [1.807, 2.05) is 42.1 Å². The summed E-state index contributed by atoms with van der Waals surface area (Å²) in [5, 5.41) is 0.0187. The van der Waals surface area contributed by atoms with Crippen molar-refractivity contribution in [1.29, 1.82) is 0 Å². The first kappa shape index (κ1) is 21.3. The van der Waals surface area contributed by atoms with Crippen LogP contribution in [0.4, 0.5) is 5.69 Å². The van der Waals surface area contributed by atoms with Gasteiger partial charge in [-0.05, 0) is 73.8 Å². The second-order valence-corrected chi connectivity index (χ2v) is 11.5. The highest BCUT2D eigenvalue weighted by Gasteiger charge is 2.52. The standard InChI is InChI=1S/C26H33NO2S/c1-19-24(28)27(26(30-19)16-14-21(15-17-26)25(2,3)4)22-10-12-23(13-11-22)29-18-20-8-6-5-7-9-20/h5-13,19,21H,14-18H2,1-4H3. The lowest BCUT2D eigenvalue weighted by molar-refractivity contribution is -0.118. The van der Waals surface area contributed by atoms with E-state index < -0.39 is 0 Å². The molecule has 1 spiro atoms. The molecule has 1 amide bonds. The number of ether oxygens (including phenoxy) is 1. The molecular formula is C26H33NO2S. The lowest BCUT2D eigenvalue weighted by Crippen LogP contribution is -2.48. The molecule has 0 radical (unpaired) electrons. The minimum Gasteiger partial charge on any atom is -0.489 e. The summed E-state index contributed by atoms with van der Waals surface area (Å²) in [6.45, 7) is 9.64. The molecule has 2 aromatic carbocycles. The Labute approximate surface area is 185 Å². The molecule has 1 aliphatic carbocycles. The van der Waals surface area contributed by atoms with Crippen LogP contribution in [0.5, 0.6) is 5.75 Å². The molecule has 2 aliphatic rings. The Bertz CT molecular complexity index is 864. The fourth-order valence-corrected chi connectivity index (χ4v) is 6.52. The number of amides is 1. The molecular weight excluding hydrogens is 390 g/mol. The lowest BCUT2D eigenvalue weighted by atomic mass is 9.71. The van der Waals surface area contributed by atoms with Gasteiger partial charge in [0.25, 0.3) is 0 Å². The van der Waals surface area contributed by atoms with Crippen molar-refractivity contribution in [3.05, 3.63) is 60.2 Å². The van der Waals surface area contributed by atoms with Gasteiger partial charge in [-0.25, -0.2) is 0 Å². The molecule has 0 N–H and O–H groups in total. The molecule has 2 aromatic rings. The Morgan fingerprint density at radius 1 is 1.03 bits per heavy atom. The second kappa shape index (κ2) is 8.30. The Balaban J connectivity index is 1.49. The Kier molecular flexibility index (Phi) is 5.89. The molecule has 1 saturated heterocycles. The summed E-state index contributed by atoms with van der Waals surface area (Å²) in [6.07, 6.45) is 4.51. The van der Waals surface area contributed by atoms with E-state index in [4.69, 9.17) is 4.74 Å². The van der Waals surface area contributed by atoms with Gasteiger partial charge in [0.1, 0.15) is 12.4 Å². The topological polar surface area (TPSA) is 29.5 Å². The first-order chi connectivity index (χ1) is 14.3. The smallest absolute Gasteiger partial charge is 0.241 e. The zero-order valence-corrected chi connectivity index (χ0v) is 19.4. The summed E-state index contributed by atoms with van der Waals surface area (Å²) in [7, 11) is 0. The van der Waals surface area contributed by atoms with Crippen molar-refractivity contribution in [2.45, 2.75) is 70.1 Å². The normalized spacial score (nSPS) is 26.9. The van der Waals surface area contributed by atoms with Crippen molar-refractivity contribution in [3.63, 3.8) is 0 Å². The minimum atomic E-state index is -0.0926. The van der Waals surface area contributed by atoms with Crippen LogP contribution >= 0.6 is 11.8 Å². The predicted molar refractivity (Wildman–Crippen MR) is 126 cm³/mol. The average Bonchev–Trinajstić information content (AvgIpc) is 2.96. The zero-order chi connectivity index (χ0) is 21.4. The highest BCUT2D eigenvalue weighted by atomic mass is 32.2. The van der Waals surface area contributed by atoms with E-state index in [9.17, 15) is 4.79 Å². The zero-order valence-electron chi connectivity index (χ0n) is 18.6. The van der Waals surface area contributed by atoms with Crippen LogP contribution < -0.4 is 9.64 Å². The maximum absolute atomic E-state index is 13.1. The van der Waals surface area contributed by atoms with Crippen LogP contribution in [0.1, 0.15) is 58.9 Å². The highest BCUT2D eigenvalue weighted by Crippen LogP contribution is 2.54. The highest BCUT2D eigenvalue weighted by molar-refractivity contribution is 8.02. The van der Waals surface area contributed by atoms with Gasteiger partial charge in [0.05, 0.1) is 10.1 Å². The number of benzene rings is 2. The minimum absolute atomic E-state index is 0.0187. The van der Waals surface area contributed by atoms with Crippen molar-refractivity contribution in [2.75, 3.05) is 4.90 Å². The molecule has 1 heterocycles. The first-order valence-electron chi connectivity index (χ1n) is 11.1. The number of rotatable bonds is 4. The number of carbonyl (C=O) groups is 1. The molecule has 4 rings (SSSR count). The molecule has 1 atom stereocenters. The molecule has 1 saturated carbocycles. The molecule has 1 aliphatic heterocycles. The van der Waals surface area contributed by atoms with Crippen molar-refractivity contribution in [3.8, 4) is 5.75 Å². The third-order valence-electron chi connectivity index (χ3n) is 6.71. The van der Waals surface area contributed by atoms with Crippen LogP contribution in [0.25, 0.3) is 0 Å². The molecule has 4 heteroatoms. The molecule has 0 aromatic heterocycles. The average molecular weight is 424 g/mol. The van der Waals surface area contributed by atoms with E-state index in [0.29, 0.717) is 12.0 Å². The Morgan fingerprint density at radius 3 is 2.27 bits per heavy atom. The van der Waals surface area contributed by atoms with E-state index in [1.165, 1.54) is 12.8 Å². The van der Waals surface area contributed by atoms with E-state index in [-0.39, 0.29) is 16.0 Å². The lowest BCUT2D eigenvalue weighted by Gasteiger charge is -2.45. The van der Waals surface area contributed by atoms with E-state index in [1.54, 1.807) is 0 Å². The maximum atomic E-state index is 13.1. The van der Waals surface area contributed by atoms with Crippen molar-refractivity contribution in [1.82, 2.24) is 0 Å². The van der Waals surface area contributed by atoms with Gasteiger partial charge in [-0.2, -0.15) is 0 Å². The van der Waals surface area contributed by atoms with Gasteiger partial charge in [-0.3, -0.25) is 9.69 Å². The third kappa shape index (κ3) is 4.25. The molecule has 30 heavy (non-hydrogen) atoms. The molecule has 2 fully saturated rings. The fourth-order valence-electron chi connectivity index (χ4n) is 4.89. The van der Waals surface area contributed by atoms with E-state index in [2.05, 4.69) is 56.9 Å². The van der Waals surface area contributed by atoms with Crippen molar-refractivity contribution >= 4 is 23.4 Å². The largest absolute Gasteiger partial charge is 0.489 e. The third-order valence-corrected chi connectivity index (χ3v) is 8.29. The van der Waals surface area contributed by atoms with E-state index in [0.717, 1.165) is 35.8 Å². The number of thioether (sulfide) groups is 1. The summed E-state index contributed by atoms with van der Waals surface area (Å²) >= 11 is 1.87. The molecule has 160 valence electrons. The van der Waals surface area contributed by atoms with Crippen LogP contribution in [0.3, 0.4) is 0 Å². The maximum Gasteiger partial charge on any atom is 0.241 e. The predicted octanol–water partition coefficient (Wildman–Crippen LogP) is 6.67. The van der Waals surface area contributed by atoms with Gasteiger partial charge >= 0.3 is 0 Å². The van der Waals surface area contributed by atoms with Crippen molar-refractivity contribution in [2.24, 2.45) is 11.3 Å². The second-order valence-electron chi connectivity index (χ2n) is 9.79. The molecule has 0 bridgehead atoms. The molecule has 1 unspecified atom stereocenters. The summed E-state index contributed by atoms with van der Waals surface area (Å²) < 4.78 is 5.94. The van der Waals surface area contributed by atoms with Gasteiger partial charge in [0.15, 0.2) is 0 Å². The number of hydrogen-bond donors (Lipinski definition) is 0.